The number of rotatable bonds is 9. The van der Waals surface area contributed by atoms with Gasteiger partial charge in [0.15, 0.2) is 0 Å². The number of nitro groups is 1. The molecule has 0 unspecified atom stereocenters. The van der Waals surface area contributed by atoms with Gasteiger partial charge in [-0.1, -0.05) is 43.7 Å². The molecule has 0 radical (unpaired) electrons. The smallest absolute Gasteiger partial charge is 0.293 e. The van der Waals surface area contributed by atoms with Crippen LogP contribution in [0, 0.1) is 10.1 Å². The maximum absolute atomic E-state index is 13.2. The first-order valence-electron chi connectivity index (χ1n) is 8.88. The van der Waals surface area contributed by atoms with Crippen molar-refractivity contribution in [1.29, 1.82) is 0 Å². The average molecular weight is 405 g/mol. The number of carbonyl (C=O) groups is 1. The summed E-state index contributed by atoms with van der Waals surface area (Å²) in [6, 6.07) is 12.9. The molecular formula is C19H23N3O5S. The highest BCUT2D eigenvalue weighted by Gasteiger charge is 2.32. The number of nitrogens with zero attached hydrogens (tertiary/aromatic N) is 2. The van der Waals surface area contributed by atoms with Crippen LogP contribution in [0.15, 0.2) is 59.5 Å². The number of hydrogen-bond donors (Lipinski definition) is 1. The fourth-order valence-corrected chi connectivity index (χ4v) is 4.26. The van der Waals surface area contributed by atoms with Crippen molar-refractivity contribution in [2.75, 3.05) is 10.8 Å². The molecule has 0 aromatic heterocycles. The van der Waals surface area contributed by atoms with E-state index < -0.39 is 33.1 Å². The van der Waals surface area contributed by atoms with Crippen LogP contribution in [0.5, 0.6) is 0 Å². The number of nitrogens with one attached hydrogen (secondary N) is 1. The zero-order valence-electron chi connectivity index (χ0n) is 15.7. The number of amides is 1. The third-order valence-electron chi connectivity index (χ3n) is 4.09. The Morgan fingerprint density at radius 2 is 1.75 bits per heavy atom. The topological polar surface area (TPSA) is 110 Å². The maximum atomic E-state index is 13.2. The Hall–Kier alpha value is -2.94. The minimum absolute atomic E-state index is 0.0532. The first kappa shape index (κ1) is 21.4. The van der Waals surface area contributed by atoms with E-state index in [9.17, 15) is 23.3 Å². The zero-order chi connectivity index (χ0) is 20.7. The summed E-state index contributed by atoms with van der Waals surface area (Å²) in [5.74, 6) is -0.529. The molecule has 1 N–H and O–H groups in total. The van der Waals surface area contributed by atoms with Crippen LogP contribution >= 0.6 is 0 Å². The van der Waals surface area contributed by atoms with Crippen LogP contribution < -0.4 is 9.62 Å². The largest absolute Gasteiger partial charge is 0.352 e. The third kappa shape index (κ3) is 5.07. The predicted molar refractivity (Wildman–Crippen MR) is 107 cm³/mol. The molecule has 1 atom stereocenters. The van der Waals surface area contributed by atoms with Crippen molar-refractivity contribution in [3.8, 4) is 0 Å². The van der Waals surface area contributed by atoms with Gasteiger partial charge in [-0.3, -0.25) is 14.9 Å². The summed E-state index contributed by atoms with van der Waals surface area (Å²) >= 11 is 0. The molecule has 0 aliphatic carbocycles. The fourth-order valence-electron chi connectivity index (χ4n) is 2.80. The molecule has 0 aliphatic heterocycles. The van der Waals surface area contributed by atoms with E-state index in [4.69, 9.17) is 0 Å². The lowest BCUT2D eigenvalue weighted by molar-refractivity contribution is -0.384. The van der Waals surface area contributed by atoms with E-state index in [2.05, 4.69) is 5.32 Å². The summed E-state index contributed by atoms with van der Waals surface area (Å²) in [7, 11) is -4.19. The molecule has 9 heteroatoms. The molecule has 8 nitrogen and oxygen atoms in total. The van der Waals surface area contributed by atoms with E-state index in [1.807, 2.05) is 13.8 Å². The van der Waals surface area contributed by atoms with Crippen LogP contribution in [0.3, 0.4) is 0 Å². The van der Waals surface area contributed by atoms with Gasteiger partial charge < -0.3 is 5.32 Å². The van der Waals surface area contributed by atoms with Crippen molar-refractivity contribution in [3.05, 3.63) is 64.7 Å². The number of carbonyl (C=O) groups excluding carboxylic acids is 1. The van der Waals surface area contributed by atoms with Crippen LogP contribution in [0.4, 0.5) is 11.4 Å². The molecule has 0 saturated carbocycles. The Morgan fingerprint density at radius 3 is 2.36 bits per heavy atom. The van der Waals surface area contributed by atoms with E-state index in [0.29, 0.717) is 0 Å². The quantitative estimate of drug-likeness (QED) is 0.509. The number of para-hydroxylation sites is 2. The number of sulfonamides is 1. The highest BCUT2D eigenvalue weighted by Crippen LogP contribution is 2.31. The second-order valence-electron chi connectivity index (χ2n) is 6.33. The Morgan fingerprint density at radius 1 is 1.14 bits per heavy atom. The molecule has 0 heterocycles. The maximum Gasteiger partial charge on any atom is 0.293 e. The molecule has 150 valence electrons. The van der Waals surface area contributed by atoms with Gasteiger partial charge in [-0.25, -0.2) is 12.7 Å². The van der Waals surface area contributed by atoms with Crippen molar-refractivity contribution in [1.82, 2.24) is 5.32 Å². The summed E-state index contributed by atoms with van der Waals surface area (Å²) in [4.78, 5) is 23.2. The Bertz CT molecular complexity index is 932. The van der Waals surface area contributed by atoms with Gasteiger partial charge in [-0.15, -0.1) is 0 Å². The molecule has 0 fully saturated rings. The monoisotopic (exact) mass is 405 g/mol. The number of benzene rings is 2. The van der Waals surface area contributed by atoms with Crippen molar-refractivity contribution in [3.63, 3.8) is 0 Å². The summed E-state index contributed by atoms with van der Waals surface area (Å²) in [5, 5.41) is 14.2. The number of nitro benzene ring substituents is 1. The number of hydrogen-bond acceptors (Lipinski definition) is 5. The van der Waals surface area contributed by atoms with Gasteiger partial charge in [0.05, 0.1) is 9.82 Å². The van der Waals surface area contributed by atoms with Crippen molar-refractivity contribution in [2.24, 2.45) is 0 Å². The molecule has 2 rings (SSSR count). The van der Waals surface area contributed by atoms with E-state index in [-0.39, 0.29) is 16.6 Å². The van der Waals surface area contributed by atoms with E-state index in [0.717, 1.165) is 17.1 Å². The van der Waals surface area contributed by atoms with Gasteiger partial charge in [-0.2, -0.15) is 0 Å². The molecule has 0 aliphatic rings. The van der Waals surface area contributed by atoms with Gasteiger partial charge in [0, 0.05) is 12.1 Å². The Kier molecular flexibility index (Phi) is 7.11. The molecule has 0 saturated heterocycles. The fraction of sp³-hybridized carbons (Fsp3) is 0.316. The first-order chi connectivity index (χ1) is 13.3. The molecule has 0 spiro atoms. The Labute approximate surface area is 164 Å². The van der Waals surface area contributed by atoms with Gasteiger partial charge in [0.1, 0.15) is 12.2 Å². The van der Waals surface area contributed by atoms with Crippen molar-refractivity contribution in [2.45, 2.75) is 37.6 Å². The highest BCUT2D eigenvalue weighted by molar-refractivity contribution is 7.92. The van der Waals surface area contributed by atoms with Crippen LogP contribution in [0.25, 0.3) is 0 Å². The normalized spacial score (nSPS) is 12.2. The lowest BCUT2D eigenvalue weighted by Crippen LogP contribution is -2.43. The summed E-state index contributed by atoms with van der Waals surface area (Å²) in [6.07, 6.45) is 1.60. The standard InChI is InChI=1S/C19H23N3O5S/c1-3-9-15(2)20-19(23)14-21(17-12-7-8-13-18(17)22(24)25)28(26,27)16-10-5-4-6-11-16/h4-8,10-13,15H,3,9,14H2,1-2H3,(H,20,23)/t15-/m1/s1. The van der Waals surface area contributed by atoms with Gasteiger partial charge >= 0.3 is 0 Å². The van der Waals surface area contributed by atoms with Crippen molar-refractivity contribution < 1.29 is 18.1 Å². The molecule has 0 bridgehead atoms. The molecule has 1 amide bonds. The SMILES string of the molecule is CCC[C@@H](C)NC(=O)CN(c1ccccc1[N+](=O)[O-])S(=O)(=O)c1ccccc1. The van der Waals surface area contributed by atoms with E-state index >= 15 is 0 Å². The van der Waals surface area contributed by atoms with Crippen LogP contribution in [0.1, 0.15) is 26.7 Å². The highest BCUT2D eigenvalue weighted by atomic mass is 32.2. The average Bonchev–Trinajstić information content (AvgIpc) is 2.66. The lowest BCUT2D eigenvalue weighted by Gasteiger charge is -2.24. The third-order valence-corrected chi connectivity index (χ3v) is 5.87. The van der Waals surface area contributed by atoms with E-state index in [1.165, 1.54) is 36.4 Å². The second-order valence-corrected chi connectivity index (χ2v) is 8.19. The van der Waals surface area contributed by atoms with Crippen molar-refractivity contribution >= 4 is 27.3 Å². The number of anilines is 1. The summed E-state index contributed by atoms with van der Waals surface area (Å²) in [6.45, 7) is 3.24. The van der Waals surface area contributed by atoms with Gasteiger partial charge in [-0.05, 0) is 31.5 Å². The summed E-state index contributed by atoms with van der Waals surface area (Å²) < 4.78 is 27.1. The molecule has 2 aromatic carbocycles. The summed E-state index contributed by atoms with van der Waals surface area (Å²) in [5.41, 5.74) is -0.550. The molecule has 2 aromatic rings. The molecular weight excluding hydrogens is 382 g/mol. The van der Waals surface area contributed by atoms with Crippen LogP contribution in [-0.4, -0.2) is 31.8 Å². The Balaban J connectivity index is 2.48. The van der Waals surface area contributed by atoms with Crippen LogP contribution in [0.2, 0.25) is 0 Å². The van der Waals surface area contributed by atoms with Gasteiger partial charge in [0.25, 0.3) is 15.7 Å². The zero-order valence-corrected chi connectivity index (χ0v) is 16.6. The predicted octanol–water partition coefficient (Wildman–Crippen LogP) is 3.09. The van der Waals surface area contributed by atoms with Gasteiger partial charge in [0.2, 0.25) is 5.91 Å². The second kappa shape index (κ2) is 9.32. The van der Waals surface area contributed by atoms with Crippen LogP contribution in [-0.2, 0) is 14.8 Å². The van der Waals surface area contributed by atoms with E-state index in [1.54, 1.807) is 18.2 Å². The first-order valence-corrected chi connectivity index (χ1v) is 10.3. The minimum atomic E-state index is -4.19. The minimum Gasteiger partial charge on any atom is -0.352 e. The lowest BCUT2D eigenvalue weighted by atomic mass is 10.2. The molecule has 28 heavy (non-hydrogen) atoms.